The van der Waals surface area contributed by atoms with Gasteiger partial charge in [-0.3, -0.25) is 14.5 Å². The molecule has 1 saturated heterocycles. The molecule has 1 fully saturated rings. The summed E-state index contributed by atoms with van der Waals surface area (Å²) in [6.45, 7) is 7.06. The van der Waals surface area contributed by atoms with E-state index in [9.17, 15) is 9.59 Å². The van der Waals surface area contributed by atoms with E-state index in [4.69, 9.17) is 0 Å². The molecule has 0 spiro atoms. The van der Waals surface area contributed by atoms with Gasteiger partial charge in [0.05, 0.1) is 6.54 Å². The van der Waals surface area contributed by atoms with Crippen molar-refractivity contribution >= 4 is 27.7 Å². The molecule has 0 atom stereocenters. The molecular weight excluding hydrogens is 346 g/mol. The lowest BCUT2D eigenvalue weighted by molar-refractivity contribution is -0.123. The van der Waals surface area contributed by atoms with Gasteiger partial charge in [-0.25, -0.2) is 0 Å². The van der Waals surface area contributed by atoms with E-state index >= 15 is 0 Å². The van der Waals surface area contributed by atoms with Crippen LogP contribution in [0.15, 0.2) is 28.7 Å². The van der Waals surface area contributed by atoms with Crippen molar-refractivity contribution in [2.45, 2.75) is 19.9 Å². The molecule has 2 rings (SSSR count). The predicted octanol–water partition coefficient (Wildman–Crippen LogP) is 1.73. The number of carbonyl (C=O) groups excluding carboxylic acids is 2. The Morgan fingerprint density at radius 1 is 1.23 bits per heavy atom. The van der Waals surface area contributed by atoms with Gasteiger partial charge in [0.15, 0.2) is 0 Å². The van der Waals surface area contributed by atoms with Crippen LogP contribution in [0.1, 0.15) is 24.2 Å². The van der Waals surface area contributed by atoms with Crippen molar-refractivity contribution in [3.8, 4) is 0 Å². The van der Waals surface area contributed by atoms with Gasteiger partial charge in [-0.05, 0) is 32.0 Å². The first kappa shape index (κ1) is 17.0. The van der Waals surface area contributed by atoms with Crippen LogP contribution in [0.2, 0.25) is 0 Å². The number of halogens is 1. The third kappa shape index (κ3) is 4.81. The zero-order chi connectivity index (χ0) is 16.1. The van der Waals surface area contributed by atoms with E-state index in [-0.39, 0.29) is 17.9 Å². The molecule has 1 aliphatic heterocycles. The maximum atomic E-state index is 12.4. The van der Waals surface area contributed by atoms with Crippen LogP contribution in [0, 0.1) is 0 Å². The fraction of sp³-hybridized carbons (Fsp3) is 0.500. The van der Waals surface area contributed by atoms with Crippen LogP contribution < -0.4 is 5.32 Å². The first-order chi connectivity index (χ1) is 10.5. The third-order valence-electron chi connectivity index (χ3n) is 3.55. The fourth-order valence-electron chi connectivity index (χ4n) is 2.48. The number of hydrogen-bond donors (Lipinski definition) is 1. The van der Waals surface area contributed by atoms with Crippen LogP contribution in [0.3, 0.4) is 0 Å². The van der Waals surface area contributed by atoms with Crippen molar-refractivity contribution < 1.29 is 9.59 Å². The second kappa shape index (κ2) is 7.74. The molecule has 1 aromatic rings. The topological polar surface area (TPSA) is 52.7 Å². The highest BCUT2D eigenvalue weighted by Gasteiger charge is 2.23. The molecule has 1 N–H and O–H groups in total. The summed E-state index contributed by atoms with van der Waals surface area (Å²) < 4.78 is 0.905. The molecular formula is C16H22BrN3O2. The van der Waals surface area contributed by atoms with E-state index < -0.39 is 0 Å². The summed E-state index contributed by atoms with van der Waals surface area (Å²) in [6.07, 6.45) is 0. The van der Waals surface area contributed by atoms with Crippen LogP contribution >= 0.6 is 15.9 Å². The Hall–Kier alpha value is -1.40. The summed E-state index contributed by atoms with van der Waals surface area (Å²) in [5.41, 5.74) is 0.695. The van der Waals surface area contributed by atoms with Gasteiger partial charge in [0, 0.05) is 42.3 Å². The molecule has 0 unspecified atom stereocenters. The molecule has 0 aromatic heterocycles. The molecule has 1 heterocycles. The number of piperazine rings is 1. The first-order valence-electron chi connectivity index (χ1n) is 7.52. The lowest BCUT2D eigenvalue weighted by Crippen LogP contribution is -2.51. The molecule has 5 nitrogen and oxygen atoms in total. The van der Waals surface area contributed by atoms with E-state index in [0.717, 1.165) is 17.6 Å². The number of carbonyl (C=O) groups is 2. The van der Waals surface area contributed by atoms with E-state index in [1.807, 2.05) is 43.0 Å². The summed E-state index contributed by atoms with van der Waals surface area (Å²) in [5.74, 6) is 0.0920. The van der Waals surface area contributed by atoms with Crippen LogP contribution in [0.4, 0.5) is 0 Å². The fourth-order valence-corrected chi connectivity index (χ4v) is 2.88. The Balaban J connectivity index is 1.84. The van der Waals surface area contributed by atoms with Gasteiger partial charge in [-0.15, -0.1) is 0 Å². The largest absolute Gasteiger partial charge is 0.353 e. The summed E-state index contributed by atoms with van der Waals surface area (Å²) in [6, 6.07) is 7.60. The Labute approximate surface area is 139 Å². The molecule has 120 valence electrons. The lowest BCUT2D eigenvalue weighted by atomic mass is 10.2. The minimum absolute atomic E-state index is 0.0433. The van der Waals surface area contributed by atoms with Gasteiger partial charge in [0.2, 0.25) is 5.91 Å². The summed E-state index contributed by atoms with van der Waals surface area (Å²) in [4.78, 5) is 28.1. The third-order valence-corrected chi connectivity index (χ3v) is 4.04. The second-order valence-electron chi connectivity index (χ2n) is 5.80. The number of rotatable bonds is 4. The lowest BCUT2D eigenvalue weighted by Gasteiger charge is -2.34. The second-order valence-corrected chi connectivity index (χ2v) is 6.72. The van der Waals surface area contributed by atoms with E-state index in [0.29, 0.717) is 25.2 Å². The summed E-state index contributed by atoms with van der Waals surface area (Å²) in [5, 5.41) is 2.89. The number of benzene rings is 1. The molecule has 0 radical (unpaired) electrons. The zero-order valence-electron chi connectivity index (χ0n) is 13.0. The minimum Gasteiger partial charge on any atom is -0.353 e. The van der Waals surface area contributed by atoms with Crippen molar-refractivity contribution in [1.82, 2.24) is 15.1 Å². The maximum absolute atomic E-state index is 12.4. The molecule has 22 heavy (non-hydrogen) atoms. The average molecular weight is 368 g/mol. The normalized spacial score (nSPS) is 15.9. The summed E-state index contributed by atoms with van der Waals surface area (Å²) >= 11 is 3.39. The SMILES string of the molecule is CC(C)NC(=O)CN1CCN(C(=O)c2cccc(Br)c2)CC1. The molecule has 0 saturated carbocycles. The molecule has 6 heteroatoms. The smallest absolute Gasteiger partial charge is 0.253 e. The number of hydrogen-bond acceptors (Lipinski definition) is 3. The average Bonchev–Trinajstić information content (AvgIpc) is 2.46. The zero-order valence-corrected chi connectivity index (χ0v) is 14.6. The van der Waals surface area contributed by atoms with Crippen molar-refractivity contribution in [2.75, 3.05) is 32.7 Å². The van der Waals surface area contributed by atoms with Crippen LogP contribution in [-0.4, -0.2) is 60.4 Å². The van der Waals surface area contributed by atoms with Crippen molar-refractivity contribution in [1.29, 1.82) is 0 Å². The van der Waals surface area contributed by atoms with Gasteiger partial charge in [-0.2, -0.15) is 0 Å². The molecule has 0 bridgehead atoms. The van der Waals surface area contributed by atoms with E-state index in [2.05, 4.69) is 26.1 Å². The van der Waals surface area contributed by atoms with Gasteiger partial charge < -0.3 is 10.2 Å². The Morgan fingerprint density at radius 3 is 2.50 bits per heavy atom. The van der Waals surface area contributed by atoms with Gasteiger partial charge in [0.1, 0.15) is 0 Å². The van der Waals surface area contributed by atoms with Crippen molar-refractivity contribution in [3.63, 3.8) is 0 Å². The van der Waals surface area contributed by atoms with Gasteiger partial charge in [-0.1, -0.05) is 22.0 Å². The first-order valence-corrected chi connectivity index (χ1v) is 8.31. The maximum Gasteiger partial charge on any atom is 0.253 e. The monoisotopic (exact) mass is 367 g/mol. The van der Waals surface area contributed by atoms with Crippen LogP contribution in [0.25, 0.3) is 0 Å². The molecule has 1 aliphatic rings. The Kier molecular flexibility index (Phi) is 5.97. The van der Waals surface area contributed by atoms with E-state index in [1.165, 1.54) is 0 Å². The van der Waals surface area contributed by atoms with Gasteiger partial charge in [0.25, 0.3) is 5.91 Å². The minimum atomic E-state index is 0.0433. The number of amides is 2. The highest BCUT2D eigenvalue weighted by atomic mass is 79.9. The highest BCUT2D eigenvalue weighted by molar-refractivity contribution is 9.10. The predicted molar refractivity (Wildman–Crippen MR) is 89.8 cm³/mol. The Morgan fingerprint density at radius 2 is 1.91 bits per heavy atom. The van der Waals surface area contributed by atoms with Crippen LogP contribution in [-0.2, 0) is 4.79 Å². The van der Waals surface area contributed by atoms with Gasteiger partial charge >= 0.3 is 0 Å². The molecule has 1 aromatic carbocycles. The van der Waals surface area contributed by atoms with Crippen molar-refractivity contribution in [3.05, 3.63) is 34.3 Å². The Bertz CT molecular complexity index is 540. The van der Waals surface area contributed by atoms with E-state index in [1.54, 1.807) is 0 Å². The van der Waals surface area contributed by atoms with Crippen molar-refractivity contribution in [2.24, 2.45) is 0 Å². The number of nitrogens with one attached hydrogen (secondary N) is 1. The van der Waals surface area contributed by atoms with Crippen LogP contribution in [0.5, 0.6) is 0 Å². The quantitative estimate of drug-likeness (QED) is 0.881. The summed E-state index contributed by atoms with van der Waals surface area (Å²) in [7, 11) is 0. The number of nitrogens with zero attached hydrogens (tertiary/aromatic N) is 2. The molecule has 0 aliphatic carbocycles. The molecule has 2 amide bonds. The highest BCUT2D eigenvalue weighted by Crippen LogP contribution is 2.14. The standard InChI is InChI=1S/C16H22BrN3O2/c1-12(2)18-15(21)11-19-6-8-20(9-7-19)16(22)13-4-3-5-14(17)10-13/h3-5,10,12H,6-9,11H2,1-2H3,(H,18,21).